The lowest BCUT2D eigenvalue weighted by atomic mass is 10.1. The number of carboxylic acid groups (broad SMARTS) is 2. The highest BCUT2D eigenvalue weighted by molar-refractivity contribution is 5.87. The fourth-order valence-electron chi connectivity index (χ4n) is 2.91. The third-order valence-corrected chi connectivity index (χ3v) is 4.62. The van der Waals surface area contributed by atoms with Crippen molar-refractivity contribution < 1.29 is 34.1 Å². The largest absolute Gasteiger partial charge is 0.494 e. The summed E-state index contributed by atoms with van der Waals surface area (Å²) in [5, 5.41) is 20.3. The summed E-state index contributed by atoms with van der Waals surface area (Å²) in [5.74, 6) is -1.70. The van der Waals surface area contributed by atoms with E-state index < -0.39 is 18.0 Å². The van der Waals surface area contributed by atoms with Gasteiger partial charge in [0.1, 0.15) is 18.1 Å². The molecule has 1 aromatic rings. The second-order valence-corrected chi connectivity index (χ2v) is 7.11. The summed E-state index contributed by atoms with van der Waals surface area (Å²) in [4.78, 5) is 43.9. The van der Waals surface area contributed by atoms with Crippen molar-refractivity contribution >= 4 is 24.1 Å². The lowest BCUT2D eigenvalue weighted by molar-refractivity contribution is -0.142. The predicted molar refractivity (Wildman–Crippen MR) is 111 cm³/mol. The molecule has 0 bridgehead atoms. The molecule has 3 N–H and O–H groups in total. The lowest BCUT2D eigenvalue weighted by Crippen LogP contribution is -2.40. The number of unbranched alkanes of at least 4 members (excludes halogenated alkanes) is 6. The number of ether oxygens (including phenoxy) is 1. The Balaban J connectivity index is 2.00. The predicted octanol–water partition coefficient (Wildman–Crippen LogP) is 3.43. The minimum atomic E-state index is -1.12. The Kier molecular flexibility index (Phi) is 12.6. The van der Waals surface area contributed by atoms with Gasteiger partial charge in [0.2, 0.25) is 5.91 Å². The molecule has 0 spiro atoms. The number of nitrogens with one attached hydrogen (secondary N) is 1. The number of carboxylic acids is 2. The van der Waals surface area contributed by atoms with Crippen LogP contribution in [0.2, 0.25) is 0 Å². The maximum atomic E-state index is 11.8. The standard InChI is InChI=1S/C22H31NO7/c24-15-8-9-19(22(28)29)23-20(25)10-6-4-2-1-3-5-7-16-30-18-13-11-17(12-14-18)21(26)27/h11-15,19H,1-10,16H2,(H,23,25)(H,26,27)(H,28,29). The van der Waals surface area contributed by atoms with Crippen LogP contribution in [0.25, 0.3) is 0 Å². The van der Waals surface area contributed by atoms with Crippen molar-refractivity contribution in [3.05, 3.63) is 29.8 Å². The van der Waals surface area contributed by atoms with Crippen LogP contribution in [0.15, 0.2) is 24.3 Å². The molecule has 8 heteroatoms. The zero-order valence-corrected chi connectivity index (χ0v) is 17.2. The smallest absolute Gasteiger partial charge is 0.335 e. The Morgan fingerprint density at radius 1 is 0.933 bits per heavy atom. The first-order valence-corrected chi connectivity index (χ1v) is 10.4. The average Bonchev–Trinajstić information content (AvgIpc) is 2.72. The summed E-state index contributed by atoms with van der Waals surface area (Å²) >= 11 is 0. The molecule has 0 heterocycles. The normalized spacial score (nSPS) is 11.5. The number of hydrogen-bond donors (Lipinski definition) is 3. The number of aliphatic carboxylic acids is 1. The zero-order valence-electron chi connectivity index (χ0n) is 17.2. The summed E-state index contributed by atoms with van der Waals surface area (Å²) < 4.78 is 5.59. The molecule has 1 amide bonds. The number of carbonyl (C=O) groups excluding carboxylic acids is 2. The van der Waals surface area contributed by atoms with Crippen LogP contribution < -0.4 is 10.1 Å². The van der Waals surface area contributed by atoms with Crippen molar-refractivity contribution in [2.45, 2.75) is 70.3 Å². The van der Waals surface area contributed by atoms with E-state index in [4.69, 9.17) is 14.9 Å². The second kappa shape index (κ2) is 15.0. The van der Waals surface area contributed by atoms with Gasteiger partial charge in [0.15, 0.2) is 0 Å². The third kappa shape index (κ3) is 11.2. The first-order chi connectivity index (χ1) is 14.4. The van der Waals surface area contributed by atoms with Gasteiger partial charge in [0.05, 0.1) is 12.2 Å². The highest BCUT2D eigenvalue weighted by Gasteiger charge is 2.18. The van der Waals surface area contributed by atoms with Crippen molar-refractivity contribution in [1.82, 2.24) is 5.32 Å². The second-order valence-electron chi connectivity index (χ2n) is 7.11. The Hall–Kier alpha value is -2.90. The van der Waals surface area contributed by atoms with Gasteiger partial charge in [-0.3, -0.25) is 4.79 Å². The molecular weight excluding hydrogens is 390 g/mol. The van der Waals surface area contributed by atoms with Gasteiger partial charge in [-0.05, 0) is 43.5 Å². The Morgan fingerprint density at radius 3 is 2.10 bits per heavy atom. The van der Waals surface area contributed by atoms with E-state index in [1.165, 1.54) is 12.1 Å². The fourth-order valence-corrected chi connectivity index (χ4v) is 2.91. The quantitative estimate of drug-likeness (QED) is 0.259. The van der Waals surface area contributed by atoms with E-state index in [0.717, 1.165) is 38.5 Å². The average molecular weight is 421 g/mol. The number of amides is 1. The highest BCUT2D eigenvalue weighted by atomic mass is 16.5. The van der Waals surface area contributed by atoms with Gasteiger partial charge in [0, 0.05) is 12.8 Å². The van der Waals surface area contributed by atoms with Crippen molar-refractivity contribution in [2.75, 3.05) is 6.61 Å². The van der Waals surface area contributed by atoms with Crippen LogP contribution in [0, 0.1) is 0 Å². The maximum absolute atomic E-state index is 11.8. The SMILES string of the molecule is O=CCCC(NC(=O)CCCCCCCCCOc1ccc(C(=O)O)cc1)C(=O)O. The van der Waals surface area contributed by atoms with Crippen LogP contribution in [0.5, 0.6) is 5.75 Å². The molecule has 0 aliphatic carbocycles. The van der Waals surface area contributed by atoms with Crippen LogP contribution in [-0.2, 0) is 14.4 Å². The molecule has 1 aromatic carbocycles. The molecule has 0 saturated heterocycles. The van der Waals surface area contributed by atoms with Gasteiger partial charge in [0.25, 0.3) is 0 Å². The molecule has 0 fully saturated rings. The van der Waals surface area contributed by atoms with Gasteiger partial charge < -0.3 is 25.1 Å². The molecular formula is C22H31NO7. The summed E-state index contributed by atoms with van der Waals surface area (Å²) in [7, 11) is 0. The van der Waals surface area contributed by atoms with Crippen LogP contribution in [0.3, 0.4) is 0 Å². The number of aromatic carboxylic acids is 1. The summed E-state index contributed by atoms with van der Waals surface area (Å²) in [5.41, 5.74) is 0.236. The van der Waals surface area contributed by atoms with E-state index in [1.807, 2.05) is 0 Å². The third-order valence-electron chi connectivity index (χ3n) is 4.62. The molecule has 1 atom stereocenters. The Bertz CT molecular complexity index is 673. The van der Waals surface area contributed by atoms with Crippen LogP contribution >= 0.6 is 0 Å². The first kappa shape index (κ1) is 25.1. The van der Waals surface area contributed by atoms with E-state index in [-0.39, 0.29) is 24.3 Å². The molecule has 8 nitrogen and oxygen atoms in total. The molecule has 1 rings (SSSR count). The minimum absolute atomic E-state index is 0.110. The Labute approximate surface area is 176 Å². The molecule has 0 aliphatic heterocycles. The number of aldehydes is 1. The molecule has 0 radical (unpaired) electrons. The van der Waals surface area contributed by atoms with Crippen molar-refractivity contribution in [1.29, 1.82) is 0 Å². The number of benzene rings is 1. The topological polar surface area (TPSA) is 130 Å². The van der Waals surface area contributed by atoms with Crippen LogP contribution in [0.4, 0.5) is 0 Å². The van der Waals surface area contributed by atoms with Gasteiger partial charge >= 0.3 is 11.9 Å². The summed E-state index contributed by atoms with van der Waals surface area (Å²) in [6, 6.07) is 5.34. The van der Waals surface area contributed by atoms with Crippen LogP contribution in [-0.4, -0.2) is 47.0 Å². The molecule has 1 unspecified atom stereocenters. The van der Waals surface area contributed by atoms with Gasteiger partial charge in [-0.15, -0.1) is 0 Å². The van der Waals surface area contributed by atoms with E-state index in [0.29, 0.717) is 31.5 Å². The van der Waals surface area contributed by atoms with E-state index in [2.05, 4.69) is 5.32 Å². The molecule has 0 aliphatic rings. The summed E-state index contributed by atoms with van der Waals surface area (Å²) in [6.45, 7) is 0.585. The summed E-state index contributed by atoms with van der Waals surface area (Å²) in [6.07, 6.45) is 7.87. The first-order valence-electron chi connectivity index (χ1n) is 10.4. The van der Waals surface area contributed by atoms with Crippen molar-refractivity contribution in [3.8, 4) is 5.75 Å². The lowest BCUT2D eigenvalue weighted by Gasteiger charge is -2.13. The van der Waals surface area contributed by atoms with Crippen molar-refractivity contribution in [3.63, 3.8) is 0 Å². The number of carbonyl (C=O) groups is 4. The van der Waals surface area contributed by atoms with E-state index in [9.17, 15) is 19.2 Å². The molecule has 0 aromatic heterocycles. The van der Waals surface area contributed by atoms with Gasteiger partial charge in [-0.2, -0.15) is 0 Å². The fraction of sp³-hybridized carbons (Fsp3) is 0.545. The highest BCUT2D eigenvalue weighted by Crippen LogP contribution is 2.14. The van der Waals surface area contributed by atoms with Gasteiger partial charge in [-0.1, -0.05) is 32.1 Å². The molecule has 30 heavy (non-hydrogen) atoms. The Morgan fingerprint density at radius 2 is 1.53 bits per heavy atom. The maximum Gasteiger partial charge on any atom is 0.335 e. The zero-order chi connectivity index (χ0) is 22.2. The van der Waals surface area contributed by atoms with E-state index >= 15 is 0 Å². The number of hydrogen-bond acceptors (Lipinski definition) is 5. The molecule has 166 valence electrons. The monoisotopic (exact) mass is 421 g/mol. The molecule has 0 saturated carbocycles. The minimum Gasteiger partial charge on any atom is -0.494 e. The number of rotatable bonds is 17. The van der Waals surface area contributed by atoms with Gasteiger partial charge in [-0.25, -0.2) is 9.59 Å². The van der Waals surface area contributed by atoms with Crippen LogP contribution in [0.1, 0.15) is 74.6 Å². The van der Waals surface area contributed by atoms with Crippen molar-refractivity contribution in [2.24, 2.45) is 0 Å². The van der Waals surface area contributed by atoms with E-state index in [1.54, 1.807) is 12.1 Å².